The van der Waals surface area contributed by atoms with Crippen LogP contribution in [-0.2, 0) is 22.5 Å². The molecule has 0 aliphatic carbocycles. The van der Waals surface area contributed by atoms with E-state index in [-0.39, 0.29) is 36.8 Å². The number of benzene rings is 2. The number of nitrogens with one attached hydrogen (secondary N) is 1. The van der Waals surface area contributed by atoms with Gasteiger partial charge in [-0.05, 0) is 24.1 Å². The first kappa shape index (κ1) is 21.4. The van der Waals surface area contributed by atoms with E-state index in [1.807, 2.05) is 12.1 Å². The van der Waals surface area contributed by atoms with Gasteiger partial charge in [-0.1, -0.05) is 36.4 Å². The fourth-order valence-corrected chi connectivity index (χ4v) is 4.32. The van der Waals surface area contributed by atoms with Crippen LogP contribution in [0.2, 0.25) is 0 Å². The maximum atomic E-state index is 14.0. The number of hydrogen-bond acceptors (Lipinski definition) is 5. The van der Waals surface area contributed by atoms with E-state index in [2.05, 4.69) is 39.4 Å². The van der Waals surface area contributed by atoms with Gasteiger partial charge in [0.15, 0.2) is 0 Å². The van der Waals surface area contributed by atoms with Gasteiger partial charge in [-0.15, -0.1) is 0 Å². The average Bonchev–Trinajstić information content (AvgIpc) is 2.77. The average molecular weight is 423 g/mol. The number of carbonyl (C=O) groups excluding carboxylic acids is 1. The summed E-state index contributed by atoms with van der Waals surface area (Å²) < 4.78 is 20.1. The first-order valence-corrected chi connectivity index (χ1v) is 10.7. The number of halogens is 1. The smallest absolute Gasteiger partial charge is 0.234 e. The number of amides is 1. The molecule has 4 rings (SSSR count). The van der Waals surface area contributed by atoms with Crippen LogP contribution in [0.4, 0.5) is 4.39 Å². The highest BCUT2D eigenvalue weighted by molar-refractivity contribution is 5.78. The van der Waals surface area contributed by atoms with Crippen LogP contribution in [0.1, 0.15) is 16.7 Å². The Hall–Kier alpha value is -2.79. The summed E-state index contributed by atoms with van der Waals surface area (Å²) in [4.78, 5) is 17.0. The molecule has 1 amide bonds. The topological polar surface area (TPSA) is 68.6 Å². The Balaban J connectivity index is 1.22. The number of rotatable bonds is 7. The Morgan fingerprint density at radius 3 is 2.48 bits per heavy atom. The number of ether oxygens (including phenoxy) is 1. The van der Waals surface area contributed by atoms with Crippen LogP contribution < -0.4 is 5.32 Å². The minimum atomic E-state index is -0.476. The molecule has 2 unspecified atom stereocenters. The van der Waals surface area contributed by atoms with Crippen molar-refractivity contribution in [1.29, 1.82) is 5.26 Å². The highest BCUT2D eigenvalue weighted by Crippen LogP contribution is 2.19. The second-order valence-electron chi connectivity index (χ2n) is 8.26. The van der Waals surface area contributed by atoms with Gasteiger partial charge in [0.1, 0.15) is 5.82 Å². The van der Waals surface area contributed by atoms with Gasteiger partial charge >= 0.3 is 0 Å². The fraction of sp³-hybridized carbons (Fsp3) is 0.417. The molecule has 7 heteroatoms. The molecule has 2 aromatic rings. The number of fused-ring (bicyclic) bond motifs is 2. The van der Waals surface area contributed by atoms with Gasteiger partial charge in [0, 0.05) is 44.8 Å². The number of morpholine rings is 2. The predicted molar refractivity (Wildman–Crippen MR) is 115 cm³/mol. The van der Waals surface area contributed by atoms with Gasteiger partial charge < -0.3 is 10.1 Å². The Morgan fingerprint density at radius 1 is 1.10 bits per heavy atom. The van der Waals surface area contributed by atoms with E-state index >= 15 is 0 Å². The summed E-state index contributed by atoms with van der Waals surface area (Å²) in [5.41, 5.74) is 1.99. The van der Waals surface area contributed by atoms with Crippen molar-refractivity contribution >= 4 is 5.91 Å². The van der Waals surface area contributed by atoms with Crippen LogP contribution in [0.5, 0.6) is 0 Å². The lowest BCUT2D eigenvalue weighted by molar-refractivity contribution is -0.144. The van der Waals surface area contributed by atoms with Gasteiger partial charge in [0.2, 0.25) is 5.91 Å². The van der Waals surface area contributed by atoms with E-state index in [0.29, 0.717) is 5.56 Å². The van der Waals surface area contributed by atoms with Crippen molar-refractivity contribution in [3.63, 3.8) is 0 Å². The summed E-state index contributed by atoms with van der Waals surface area (Å²) in [6, 6.07) is 16.7. The fourth-order valence-electron chi connectivity index (χ4n) is 4.32. The first-order valence-electron chi connectivity index (χ1n) is 10.7. The molecule has 0 spiro atoms. The van der Waals surface area contributed by atoms with E-state index in [1.165, 1.54) is 17.7 Å². The van der Waals surface area contributed by atoms with Gasteiger partial charge in [-0.2, -0.15) is 5.26 Å². The lowest BCUT2D eigenvalue weighted by Crippen LogP contribution is -2.60. The molecular weight excluding hydrogens is 395 g/mol. The monoisotopic (exact) mass is 422 g/mol. The largest absolute Gasteiger partial charge is 0.370 e. The molecule has 6 nitrogen and oxygen atoms in total. The summed E-state index contributed by atoms with van der Waals surface area (Å²) in [7, 11) is 0. The number of nitrogens with zero attached hydrogens (tertiary/aromatic N) is 3. The van der Waals surface area contributed by atoms with E-state index in [4.69, 9.17) is 10.00 Å². The molecule has 2 aliphatic rings. The molecule has 1 N–H and O–H groups in total. The summed E-state index contributed by atoms with van der Waals surface area (Å²) in [6.07, 6.45) is 1.23. The van der Waals surface area contributed by atoms with Crippen molar-refractivity contribution in [2.24, 2.45) is 0 Å². The molecular formula is C24H27FN4O2. The molecule has 0 aromatic heterocycles. The number of hydrogen-bond donors (Lipinski definition) is 1. The lowest BCUT2D eigenvalue weighted by atomic mass is 10.1. The maximum Gasteiger partial charge on any atom is 0.234 e. The molecule has 2 aliphatic heterocycles. The second-order valence-corrected chi connectivity index (χ2v) is 8.26. The molecule has 162 valence electrons. The minimum absolute atomic E-state index is 0.104. The van der Waals surface area contributed by atoms with Crippen molar-refractivity contribution in [1.82, 2.24) is 15.1 Å². The van der Waals surface area contributed by atoms with Crippen molar-refractivity contribution in [2.45, 2.75) is 25.2 Å². The zero-order valence-corrected chi connectivity index (χ0v) is 17.5. The van der Waals surface area contributed by atoms with Crippen LogP contribution in [0, 0.1) is 17.1 Å². The molecule has 0 saturated carbocycles. The van der Waals surface area contributed by atoms with Crippen LogP contribution in [0.25, 0.3) is 0 Å². The molecule has 2 heterocycles. The summed E-state index contributed by atoms with van der Waals surface area (Å²) >= 11 is 0. The van der Waals surface area contributed by atoms with E-state index in [9.17, 15) is 9.18 Å². The SMILES string of the molecule is N#Cc1ccc(CNC(=O)CN2CC3CN(CCc4ccccc4)CC(C2)O3)c(F)c1. The highest BCUT2D eigenvalue weighted by atomic mass is 19.1. The van der Waals surface area contributed by atoms with E-state index in [0.717, 1.165) is 39.1 Å². The maximum absolute atomic E-state index is 14.0. The van der Waals surface area contributed by atoms with Gasteiger partial charge in [0.05, 0.1) is 30.4 Å². The molecule has 2 bridgehead atoms. The Bertz CT molecular complexity index is 932. The molecule has 2 fully saturated rings. The van der Waals surface area contributed by atoms with Gasteiger partial charge in [-0.25, -0.2) is 4.39 Å². The zero-order valence-electron chi connectivity index (χ0n) is 17.5. The molecule has 2 saturated heterocycles. The number of carbonyl (C=O) groups is 1. The van der Waals surface area contributed by atoms with Crippen molar-refractivity contribution in [3.05, 3.63) is 71.0 Å². The molecule has 31 heavy (non-hydrogen) atoms. The van der Waals surface area contributed by atoms with E-state index in [1.54, 1.807) is 6.07 Å². The first-order chi connectivity index (χ1) is 15.1. The normalized spacial score (nSPS) is 21.4. The van der Waals surface area contributed by atoms with E-state index < -0.39 is 5.82 Å². The van der Waals surface area contributed by atoms with Crippen molar-refractivity contribution in [3.8, 4) is 6.07 Å². The van der Waals surface area contributed by atoms with Crippen molar-refractivity contribution < 1.29 is 13.9 Å². The third kappa shape index (κ3) is 5.88. The third-order valence-electron chi connectivity index (χ3n) is 5.82. The van der Waals surface area contributed by atoms with Crippen LogP contribution in [0.3, 0.4) is 0 Å². The van der Waals surface area contributed by atoms with Crippen molar-refractivity contribution in [2.75, 3.05) is 39.3 Å². The quantitative estimate of drug-likeness (QED) is 0.739. The van der Waals surface area contributed by atoms with Crippen LogP contribution in [0.15, 0.2) is 48.5 Å². The molecule has 2 atom stereocenters. The summed E-state index contributed by atoms with van der Waals surface area (Å²) in [5, 5.41) is 11.6. The standard InChI is InChI=1S/C24H27FN4O2/c25-23-10-19(11-26)6-7-20(23)12-27-24(30)17-29-15-21-13-28(14-22(16-29)31-21)9-8-18-4-2-1-3-5-18/h1-7,10,21-22H,8-9,12-17H2,(H,27,30). The van der Waals surface area contributed by atoms with Gasteiger partial charge in [-0.3, -0.25) is 14.6 Å². The predicted octanol–water partition coefficient (Wildman–Crippen LogP) is 1.94. The summed E-state index contributed by atoms with van der Waals surface area (Å²) in [6.45, 7) is 4.58. The van der Waals surface area contributed by atoms with Gasteiger partial charge in [0.25, 0.3) is 0 Å². The van der Waals surface area contributed by atoms with Crippen LogP contribution >= 0.6 is 0 Å². The van der Waals surface area contributed by atoms with Crippen LogP contribution in [-0.4, -0.2) is 67.2 Å². The lowest BCUT2D eigenvalue weighted by Gasteiger charge is -2.45. The third-order valence-corrected chi connectivity index (χ3v) is 5.82. The number of nitriles is 1. The Morgan fingerprint density at radius 2 is 1.81 bits per heavy atom. The molecule has 2 aromatic carbocycles. The Kier molecular flexibility index (Phi) is 6.92. The molecule has 0 radical (unpaired) electrons. The second kappa shape index (κ2) is 10.0. The Labute approximate surface area is 182 Å². The highest BCUT2D eigenvalue weighted by Gasteiger charge is 2.35. The minimum Gasteiger partial charge on any atom is -0.370 e. The zero-order chi connectivity index (χ0) is 21.6. The summed E-state index contributed by atoms with van der Waals surface area (Å²) in [5.74, 6) is -0.611.